The Kier molecular flexibility index (Phi) is 2.93. The molecular weight excluding hydrogens is 208 g/mol. The predicted octanol–water partition coefficient (Wildman–Crippen LogP) is 3.76. The average Bonchev–Trinajstić information content (AvgIpc) is 3.18. The Balaban J connectivity index is 1.53. The van der Waals surface area contributed by atoms with E-state index in [1.165, 1.54) is 11.1 Å². The molecule has 17 heavy (non-hydrogen) atoms. The van der Waals surface area contributed by atoms with E-state index < -0.39 is 0 Å². The molecule has 86 valence electrons. The maximum absolute atomic E-state index is 5.72. The summed E-state index contributed by atoms with van der Waals surface area (Å²) in [7, 11) is 0. The van der Waals surface area contributed by atoms with Gasteiger partial charge in [-0.25, -0.2) is 0 Å². The van der Waals surface area contributed by atoms with Crippen molar-refractivity contribution in [1.29, 1.82) is 0 Å². The minimum Gasteiger partial charge on any atom is -0.364 e. The van der Waals surface area contributed by atoms with Gasteiger partial charge in [0.15, 0.2) is 0 Å². The molecule has 0 aliphatic carbocycles. The molecule has 0 amide bonds. The van der Waals surface area contributed by atoms with Gasteiger partial charge < -0.3 is 4.74 Å². The number of ether oxygens (including phenoxy) is 1. The maximum atomic E-state index is 5.72. The highest BCUT2D eigenvalue weighted by Crippen LogP contribution is 2.41. The predicted molar refractivity (Wildman–Crippen MR) is 68.8 cm³/mol. The number of hydrogen-bond donors (Lipinski definition) is 0. The van der Waals surface area contributed by atoms with E-state index in [4.69, 9.17) is 4.74 Å². The second-order valence-corrected chi connectivity index (χ2v) is 4.53. The number of hydrogen-bond acceptors (Lipinski definition) is 1. The van der Waals surface area contributed by atoms with Crippen molar-refractivity contribution in [3.8, 4) is 0 Å². The first-order valence-corrected chi connectivity index (χ1v) is 6.18. The van der Waals surface area contributed by atoms with Crippen molar-refractivity contribution in [2.45, 2.75) is 25.0 Å². The van der Waals surface area contributed by atoms with Gasteiger partial charge in [-0.05, 0) is 24.0 Å². The van der Waals surface area contributed by atoms with E-state index in [1.54, 1.807) is 0 Å². The molecule has 1 saturated heterocycles. The van der Waals surface area contributed by atoms with Gasteiger partial charge in [-0.3, -0.25) is 0 Å². The first-order valence-electron chi connectivity index (χ1n) is 6.18. The number of epoxide rings is 1. The quantitative estimate of drug-likeness (QED) is 0.720. The molecule has 1 heteroatoms. The minimum absolute atomic E-state index is 0.333. The lowest BCUT2D eigenvalue weighted by atomic mass is 10.0. The Morgan fingerprint density at radius 2 is 1.47 bits per heavy atom. The summed E-state index contributed by atoms with van der Waals surface area (Å²) in [6.45, 7) is 0. The van der Waals surface area contributed by atoms with E-state index in [0.717, 1.165) is 12.8 Å². The minimum atomic E-state index is 0.333. The highest BCUT2D eigenvalue weighted by Gasteiger charge is 2.39. The Hall–Kier alpha value is -1.60. The van der Waals surface area contributed by atoms with E-state index in [-0.39, 0.29) is 0 Å². The fourth-order valence-corrected chi connectivity index (χ4v) is 2.25. The second kappa shape index (κ2) is 4.72. The van der Waals surface area contributed by atoms with Gasteiger partial charge in [-0.2, -0.15) is 0 Å². The van der Waals surface area contributed by atoms with Crippen molar-refractivity contribution in [3.05, 3.63) is 71.8 Å². The van der Waals surface area contributed by atoms with Crippen molar-refractivity contribution < 1.29 is 4.74 Å². The summed E-state index contributed by atoms with van der Waals surface area (Å²) in [5, 5.41) is 0. The SMILES string of the molecule is c1ccc(CCC2OC2c2ccccc2)cc1. The molecule has 1 heterocycles. The van der Waals surface area contributed by atoms with Gasteiger partial charge in [0.1, 0.15) is 6.10 Å². The summed E-state index contributed by atoms with van der Waals surface area (Å²) in [5.41, 5.74) is 2.71. The van der Waals surface area contributed by atoms with Crippen LogP contribution in [0.1, 0.15) is 23.7 Å². The molecule has 1 fully saturated rings. The van der Waals surface area contributed by atoms with Crippen molar-refractivity contribution in [3.63, 3.8) is 0 Å². The van der Waals surface area contributed by atoms with Gasteiger partial charge in [0, 0.05) is 0 Å². The van der Waals surface area contributed by atoms with Gasteiger partial charge in [0.25, 0.3) is 0 Å². The Morgan fingerprint density at radius 1 is 0.824 bits per heavy atom. The van der Waals surface area contributed by atoms with Crippen molar-refractivity contribution in [2.75, 3.05) is 0 Å². The second-order valence-electron chi connectivity index (χ2n) is 4.53. The van der Waals surface area contributed by atoms with E-state index in [2.05, 4.69) is 54.6 Å². The molecule has 2 unspecified atom stereocenters. The van der Waals surface area contributed by atoms with Crippen molar-refractivity contribution in [2.24, 2.45) is 0 Å². The van der Waals surface area contributed by atoms with Crippen LogP contribution in [0, 0.1) is 0 Å². The normalized spacial score (nSPS) is 22.4. The van der Waals surface area contributed by atoms with Crippen LogP contribution in [0.15, 0.2) is 60.7 Å². The molecular formula is C16H16O. The lowest BCUT2D eigenvalue weighted by Gasteiger charge is -1.98. The van der Waals surface area contributed by atoms with Crippen LogP contribution in [-0.4, -0.2) is 6.10 Å². The van der Waals surface area contributed by atoms with Crippen molar-refractivity contribution >= 4 is 0 Å². The van der Waals surface area contributed by atoms with Gasteiger partial charge in [0.2, 0.25) is 0 Å². The molecule has 0 spiro atoms. The first kappa shape index (κ1) is 10.5. The van der Waals surface area contributed by atoms with Gasteiger partial charge >= 0.3 is 0 Å². The molecule has 0 radical (unpaired) electrons. The van der Waals surface area contributed by atoms with Crippen LogP contribution < -0.4 is 0 Å². The van der Waals surface area contributed by atoms with Crippen molar-refractivity contribution in [1.82, 2.24) is 0 Å². The summed E-state index contributed by atoms with van der Waals surface area (Å²) < 4.78 is 5.72. The summed E-state index contributed by atoms with van der Waals surface area (Å²) in [6.07, 6.45) is 2.97. The highest BCUT2D eigenvalue weighted by molar-refractivity contribution is 5.23. The lowest BCUT2D eigenvalue weighted by molar-refractivity contribution is 0.366. The standard InChI is InChI=1S/C16H16O/c1-3-7-13(8-4-1)11-12-15-16(17-15)14-9-5-2-6-10-14/h1-10,15-16H,11-12H2. The Morgan fingerprint density at radius 3 is 2.18 bits per heavy atom. The zero-order valence-electron chi connectivity index (χ0n) is 9.75. The molecule has 1 nitrogen and oxygen atoms in total. The van der Waals surface area contributed by atoms with Crippen LogP contribution in [0.5, 0.6) is 0 Å². The molecule has 0 saturated carbocycles. The van der Waals surface area contributed by atoms with Gasteiger partial charge in [0.05, 0.1) is 6.10 Å². The zero-order chi connectivity index (χ0) is 11.5. The molecule has 2 atom stereocenters. The number of aryl methyl sites for hydroxylation is 1. The van der Waals surface area contributed by atoms with E-state index >= 15 is 0 Å². The monoisotopic (exact) mass is 224 g/mol. The molecule has 0 N–H and O–H groups in total. The first-order chi connectivity index (χ1) is 8.43. The van der Waals surface area contributed by atoms with Gasteiger partial charge in [-0.15, -0.1) is 0 Å². The van der Waals surface area contributed by atoms with Crippen LogP contribution in [0.3, 0.4) is 0 Å². The third-order valence-corrected chi connectivity index (χ3v) is 3.27. The molecule has 1 aliphatic heterocycles. The molecule has 1 aliphatic rings. The lowest BCUT2D eigenvalue weighted by Crippen LogP contribution is -1.93. The number of rotatable bonds is 4. The fraction of sp³-hybridized carbons (Fsp3) is 0.250. The fourth-order valence-electron chi connectivity index (χ4n) is 2.25. The average molecular weight is 224 g/mol. The van der Waals surface area contributed by atoms with Gasteiger partial charge in [-0.1, -0.05) is 60.7 Å². The van der Waals surface area contributed by atoms with Crippen LogP contribution in [0.25, 0.3) is 0 Å². The smallest absolute Gasteiger partial charge is 0.109 e. The molecule has 3 rings (SSSR count). The summed E-state index contributed by atoms with van der Waals surface area (Å²) in [4.78, 5) is 0. The van der Waals surface area contributed by atoms with Crippen LogP contribution in [0.4, 0.5) is 0 Å². The third kappa shape index (κ3) is 2.56. The van der Waals surface area contributed by atoms with E-state index in [1.807, 2.05) is 6.07 Å². The van der Waals surface area contributed by atoms with Crippen LogP contribution >= 0.6 is 0 Å². The molecule has 0 aromatic heterocycles. The summed E-state index contributed by atoms with van der Waals surface area (Å²) in [6, 6.07) is 21.1. The molecule has 0 bridgehead atoms. The zero-order valence-corrected chi connectivity index (χ0v) is 9.75. The largest absolute Gasteiger partial charge is 0.364 e. The Labute approximate surface area is 102 Å². The number of benzene rings is 2. The highest BCUT2D eigenvalue weighted by atomic mass is 16.6. The molecule has 2 aromatic carbocycles. The topological polar surface area (TPSA) is 12.5 Å². The summed E-state index contributed by atoms with van der Waals surface area (Å²) >= 11 is 0. The molecule has 2 aromatic rings. The van der Waals surface area contributed by atoms with E-state index in [9.17, 15) is 0 Å². The third-order valence-electron chi connectivity index (χ3n) is 3.27. The maximum Gasteiger partial charge on any atom is 0.109 e. The van der Waals surface area contributed by atoms with E-state index in [0.29, 0.717) is 12.2 Å². The van der Waals surface area contributed by atoms with Crippen LogP contribution in [0.2, 0.25) is 0 Å². The Bertz CT molecular complexity index is 463. The van der Waals surface area contributed by atoms with Crippen LogP contribution in [-0.2, 0) is 11.2 Å². The summed E-state index contributed by atoms with van der Waals surface area (Å²) in [5.74, 6) is 0.